The summed E-state index contributed by atoms with van der Waals surface area (Å²) in [5, 5.41) is 2.95. The van der Waals surface area contributed by atoms with E-state index in [0.717, 1.165) is 12.8 Å². The van der Waals surface area contributed by atoms with Crippen molar-refractivity contribution in [3.8, 4) is 5.75 Å². The molecule has 1 saturated carbocycles. The molecule has 4 nitrogen and oxygen atoms in total. The van der Waals surface area contributed by atoms with Crippen LogP contribution in [-0.4, -0.2) is 18.6 Å². The van der Waals surface area contributed by atoms with E-state index < -0.39 is 0 Å². The van der Waals surface area contributed by atoms with E-state index in [4.69, 9.17) is 10.5 Å². The third-order valence-corrected chi connectivity index (χ3v) is 3.04. The summed E-state index contributed by atoms with van der Waals surface area (Å²) in [4.78, 5) is 11.5. The van der Waals surface area contributed by atoms with Crippen LogP contribution in [0, 0.1) is 5.92 Å². The van der Waals surface area contributed by atoms with Crippen LogP contribution < -0.4 is 15.8 Å². The van der Waals surface area contributed by atoms with Gasteiger partial charge in [0.1, 0.15) is 5.75 Å². The Morgan fingerprint density at radius 2 is 2.18 bits per heavy atom. The Morgan fingerprint density at radius 1 is 1.47 bits per heavy atom. The van der Waals surface area contributed by atoms with E-state index >= 15 is 0 Å². The Morgan fingerprint density at radius 3 is 2.76 bits per heavy atom. The second-order valence-corrected chi connectivity index (χ2v) is 4.44. The van der Waals surface area contributed by atoms with Crippen LogP contribution in [0.5, 0.6) is 5.75 Å². The third kappa shape index (κ3) is 3.37. The molecule has 0 spiro atoms. The van der Waals surface area contributed by atoms with Crippen LogP contribution in [0.4, 0.5) is 5.69 Å². The predicted molar refractivity (Wildman–Crippen MR) is 66.7 cm³/mol. The number of nitrogen functional groups attached to an aromatic ring is 1. The highest BCUT2D eigenvalue weighted by Gasteiger charge is 2.36. The second-order valence-electron chi connectivity index (χ2n) is 4.44. The molecular weight excluding hydrogens is 216 g/mol. The molecule has 0 aromatic heterocycles. The summed E-state index contributed by atoms with van der Waals surface area (Å²) in [5.41, 5.74) is 6.24. The fourth-order valence-corrected chi connectivity index (χ4v) is 1.84. The first kappa shape index (κ1) is 11.8. The number of nitrogens with one attached hydrogen (secondary N) is 1. The molecule has 1 fully saturated rings. The molecule has 0 radical (unpaired) electrons. The van der Waals surface area contributed by atoms with Crippen LogP contribution in [-0.2, 0) is 4.79 Å². The number of hydrogen-bond donors (Lipinski definition) is 2. The number of benzene rings is 1. The van der Waals surface area contributed by atoms with E-state index in [1.807, 2.05) is 0 Å². The zero-order valence-corrected chi connectivity index (χ0v) is 9.98. The summed E-state index contributed by atoms with van der Waals surface area (Å²) in [6.07, 6.45) is 2.23. The van der Waals surface area contributed by atoms with Gasteiger partial charge in [0.15, 0.2) is 6.61 Å². The van der Waals surface area contributed by atoms with Crippen molar-refractivity contribution in [2.75, 3.05) is 12.3 Å². The zero-order valence-electron chi connectivity index (χ0n) is 9.98. The van der Waals surface area contributed by atoms with Gasteiger partial charge < -0.3 is 15.8 Å². The number of nitrogens with two attached hydrogens (primary N) is 1. The normalized spacial score (nSPS) is 21.9. The highest BCUT2D eigenvalue weighted by Crippen LogP contribution is 2.32. The van der Waals surface area contributed by atoms with Gasteiger partial charge >= 0.3 is 0 Å². The van der Waals surface area contributed by atoms with Gasteiger partial charge in [-0.1, -0.05) is 13.3 Å². The van der Waals surface area contributed by atoms with Crippen LogP contribution in [0.15, 0.2) is 24.3 Å². The minimum Gasteiger partial charge on any atom is -0.484 e. The first-order valence-corrected chi connectivity index (χ1v) is 5.96. The molecule has 17 heavy (non-hydrogen) atoms. The van der Waals surface area contributed by atoms with E-state index in [1.54, 1.807) is 24.3 Å². The molecule has 0 saturated heterocycles. The molecule has 0 heterocycles. The molecule has 2 rings (SSSR count). The Labute approximate surface area is 101 Å². The predicted octanol–water partition coefficient (Wildman–Crippen LogP) is 1.56. The Kier molecular flexibility index (Phi) is 3.52. The smallest absolute Gasteiger partial charge is 0.258 e. The second kappa shape index (κ2) is 5.08. The Balaban J connectivity index is 1.71. The summed E-state index contributed by atoms with van der Waals surface area (Å²) in [6.45, 7) is 2.21. The lowest BCUT2D eigenvalue weighted by atomic mass is 10.3. The Hall–Kier alpha value is -1.71. The molecule has 2 unspecified atom stereocenters. The zero-order chi connectivity index (χ0) is 12.3. The van der Waals surface area contributed by atoms with Gasteiger partial charge in [0.2, 0.25) is 0 Å². The maximum Gasteiger partial charge on any atom is 0.258 e. The lowest BCUT2D eigenvalue weighted by Gasteiger charge is -2.07. The minimum atomic E-state index is -0.0530. The van der Waals surface area contributed by atoms with Crippen molar-refractivity contribution in [2.45, 2.75) is 25.8 Å². The van der Waals surface area contributed by atoms with Crippen molar-refractivity contribution in [3.63, 3.8) is 0 Å². The molecule has 2 atom stereocenters. The van der Waals surface area contributed by atoms with Gasteiger partial charge in [-0.3, -0.25) is 4.79 Å². The average Bonchev–Trinajstić information content (AvgIpc) is 3.07. The maximum absolute atomic E-state index is 11.5. The van der Waals surface area contributed by atoms with E-state index in [-0.39, 0.29) is 12.5 Å². The van der Waals surface area contributed by atoms with Gasteiger partial charge in [-0.05, 0) is 36.6 Å². The van der Waals surface area contributed by atoms with Crippen molar-refractivity contribution in [1.29, 1.82) is 0 Å². The van der Waals surface area contributed by atoms with Gasteiger partial charge in [-0.25, -0.2) is 0 Å². The van der Waals surface area contributed by atoms with Crippen LogP contribution >= 0.6 is 0 Å². The van der Waals surface area contributed by atoms with E-state index in [2.05, 4.69) is 12.2 Å². The number of hydrogen-bond acceptors (Lipinski definition) is 3. The highest BCUT2D eigenvalue weighted by atomic mass is 16.5. The van der Waals surface area contributed by atoms with Crippen molar-refractivity contribution < 1.29 is 9.53 Å². The van der Waals surface area contributed by atoms with Crippen LogP contribution in [0.2, 0.25) is 0 Å². The molecular formula is C13H18N2O2. The molecule has 1 amide bonds. The fraction of sp³-hybridized carbons (Fsp3) is 0.462. The summed E-state index contributed by atoms with van der Waals surface area (Å²) >= 11 is 0. The Bertz CT molecular complexity index is 389. The molecule has 92 valence electrons. The highest BCUT2D eigenvalue weighted by molar-refractivity contribution is 5.78. The van der Waals surface area contributed by atoms with Gasteiger partial charge in [-0.15, -0.1) is 0 Å². The lowest BCUT2D eigenvalue weighted by Crippen LogP contribution is -2.31. The fourth-order valence-electron chi connectivity index (χ4n) is 1.84. The van der Waals surface area contributed by atoms with E-state index in [1.165, 1.54) is 0 Å². The lowest BCUT2D eigenvalue weighted by molar-refractivity contribution is -0.123. The van der Waals surface area contributed by atoms with Crippen molar-refractivity contribution in [2.24, 2.45) is 5.92 Å². The summed E-state index contributed by atoms with van der Waals surface area (Å²) < 4.78 is 5.35. The standard InChI is InChI=1S/C13H18N2O2/c1-2-9-7-12(9)15-13(16)8-17-11-5-3-10(14)4-6-11/h3-6,9,12H,2,7-8,14H2,1H3,(H,15,16). The number of rotatable bonds is 5. The van der Waals surface area contributed by atoms with Crippen LogP contribution in [0.25, 0.3) is 0 Å². The molecule has 1 aromatic rings. The van der Waals surface area contributed by atoms with Gasteiger partial charge in [-0.2, -0.15) is 0 Å². The topological polar surface area (TPSA) is 64.3 Å². The van der Waals surface area contributed by atoms with E-state index in [0.29, 0.717) is 23.4 Å². The quantitative estimate of drug-likeness (QED) is 0.760. The van der Waals surface area contributed by atoms with Crippen molar-refractivity contribution >= 4 is 11.6 Å². The van der Waals surface area contributed by atoms with Crippen molar-refractivity contribution in [1.82, 2.24) is 5.32 Å². The maximum atomic E-state index is 11.5. The van der Waals surface area contributed by atoms with Gasteiger partial charge in [0.25, 0.3) is 5.91 Å². The largest absolute Gasteiger partial charge is 0.484 e. The molecule has 1 aliphatic rings. The number of anilines is 1. The molecule has 1 aromatic carbocycles. The van der Waals surface area contributed by atoms with Crippen LogP contribution in [0.3, 0.4) is 0 Å². The number of carbonyl (C=O) groups is 1. The number of carbonyl (C=O) groups excluding carboxylic acids is 1. The third-order valence-electron chi connectivity index (χ3n) is 3.04. The average molecular weight is 234 g/mol. The van der Waals surface area contributed by atoms with E-state index in [9.17, 15) is 4.79 Å². The molecule has 4 heteroatoms. The molecule has 3 N–H and O–H groups in total. The van der Waals surface area contributed by atoms with Gasteiger partial charge in [0.05, 0.1) is 0 Å². The number of amides is 1. The van der Waals surface area contributed by atoms with Gasteiger partial charge in [0, 0.05) is 11.7 Å². The SMILES string of the molecule is CCC1CC1NC(=O)COc1ccc(N)cc1. The van der Waals surface area contributed by atoms with Crippen molar-refractivity contribution in [3.05, 3.63) is 24.3 Å². The molecule has 0 bridgehead atoms. The van der Waals surface area contributed by atoms with Crippen LogP contribution in [0.1, 0.15) is 19.8 Å². The minimum absolute atomic E-state index is 0.0530. The summed E-state index contributed by atoms with van der Waals surface area (Å²) in [5.74, 6) is 1.27. The summed E-state index contributed by atoms with van der Waals surface area (Å²) in [6, 6.07) is 7.38. The first-order chi connectivity index (χ1) is 8.19. The first-order valence-electron chi connectivity index (χ1n) is 5.96. The molecule has 0 aliphatic heterocycles. The summed E-state index contributed by atoms with van der Waals surface area (Å²) in [7, 11) is 0. The molecule has 1 aliphatic carbocycles. The number of ether oxygens (including phenoxy) is 1. The monoisotopic (exact) mass is 234 g/mol.